The van der Waals surface area contributed by atoms with E-state index in [0.29, 0.717) is 0 Å². The zero-order valence-corrected chi connectivity index (χ0v) is 16.9. The number of sulfonamides is 1. The highest BCUT2D eigenvalue weighted by Gasteiger charge is 2.31. The first kappa shape index (κ1) is 22.2. The van der Waals surface area contributed by atoms with E-state index in [9.17, 15) is 26.4 Å². The molecule has 0 unspecified atom stereocenters. The molecule has 2 N–H and O–H groups in total. The van der Waals surface area contributed by atoms with Crippen LogP contribution in [-0.4, -0.2) is 20.7 Å². The molecule has 0 radical (unpaired) electrons. The summed E-state index contributed by atoms with van der Waals surface area (Å²) < 4.78 is 67.9. The number of anilines is 2. The largest absolute Gasteiger partial charge is 0.573 e. The van der Waals surface area contributed by atoms with Gasteiger partial charge in [-0.2, -0.15) is 0 Å². The lowest BCUT2D eigenvalue weighted by Gasteiger charge is -2.11. The van der Waals surface area contributed by atoms with Gasteiger partial charge in [0.15, 0.2) is 0 Å². The number of aryl methyl sites for hydroxylation is 1. The van der Waals surface area contributed by atoms with Crippen LogP contribution in [-0.2, 0) is 10.0 Å². The highest BCUT2D eigenvalue weighted by molar-refractivity contribution is 7.92. The second-order valence-electron chi connectivity index (χ2n) is 6.53. The van der Waals surface area contributed by atoms with Crippen molar-refractivity contribution in [3.63, 3.8) is 0 Å². The summed E-state index contributed by atoms with van der Waals surface area (Å²) in [6.07, 6.45) is -4.81. The number of benzene rings is 3. The normalized spacial score (nSPS) is 11.6. The summed E-state index contributed by atoms with van der Waals surface area (Å²) in [7, 11) is -3.84. The van der Waals surface area contributed by atoms with Crippen LogP contribution in [0.5, 0.6) is 5.75 Å². The van der Waals surface area contributed by atoms with Crippen LogP contribution in [0.4, 0.5) is 24.5 Å². The number of carbonyl (C=O) groups is 1. The summed E-state index contributed by atoms with van der Waals surface area (Å²) in [5.41, 5.74) is 1.49. The molecule has 1 amide bonds. The maximum atomic E-state index is 12.5. The van der Waals surface area contributed by atoms with Crippen LogP contribution in [0.15, 0.2) is 77.7 Å². The van der Waals surface area contributed by atoms with Crippen molar-refractivity contribution < 1.29 is 31.1 Å². The standard InChI is InChI=1S/C21H17F3N2O4S/c1-14-5-11-19(12-6-14)31(28,29)26-17-4-2-3-15(13-17)20(27)25-16-7-9-18(10-8-16)30-21(22,23)24/h2-13,26H,1H3,(H,25,27). The molecule has 31 heavy (non-hydrogen) atoms. The second kappa shape index (κ2) is 8.68. The Balaban J connectivity index is 1.71. The maximum absolute atomic E-state index is 12.5. The fourth-order valence-corrected chi connectivity index (χ4v) is 3.65. The Kier molecular flexibility index (Phi) is 6.21. The summed E-state index contributed by atoms with van der Waals surface area (Å²) in [6, 6.07) is 16.7. The van der Waals surface area contributed by atoms with Gasteiger partial charge in [-0.15, -0.1) is 13.2 Å². The minimum Gasteiger partial charge on any atom is -0.406 e. The Labute approximate surface area is 176 Å². The molecule has 0 spiro atoms. The topological polar surface area (TPSA) is 84.5 Å². The summed E-state index contributed by atoms with van der Waals surface area (Å²) in [6.45, 7) is 1.84. The SMILES string of the molecule is Cc1ccc(S(=O)(=O)Nc2cccc(C(=O)Nc3ccc(OC(F)(F)F)cc3)c2)cc1. The molecule has 3 aromatic carbocycles. The number of ether oxygens (including phenoxy) is 1. The van der Waals surface area contributed by atoms with Crippen LogP contribution in [0, 0.1) is 6.92 Å². The first-order valence-corrected chi connectivity index (χ1v) is 10.4. The number of rotatable bonds is 6. The lowest BCUT2D eigenvalue weighted by Crippen LogP contribution is -2.17. The molecule has 162 valence electrons. The molecule has 10 heteroatoms. The molecule has 0 aliphatic carbocycles. The van der Waals surface area contributed by atoms with Crippen LogP contribution >= 0.6 is 0 Å². The van der Waals surface area contributed by atoms with Crippen LogP contribution in [0.25, 0.3) is 0 Å². The van der Waals surface area contributed by atoms with E-state index in [1.54, 1.807) is 12.1 Å². The number of amides is 1. The lowest BCUT2D eigenvalue weighted by molar-refractivity contribution is -0.274. The molecule has 0 bridgehead atoms. The Morgan fingerprint density at radius 2 is 1.55 bits per heavy atom. The number of alkyl halides is 3. The monoisotopic (exact) mass is 450 g/mol. The van der Waals surface area contributed by atoms with E-state index in [2.05, 4.69) is 14.8 Å². The lowest BCUT2D eigenvalue weighted by atomic mass is 10.2. The van der Waals surface area contributed by atoms with Crippen molar-refractivity contribution in [2.75, 3.05) is 10.0 Å². The average molecular weight is 450 g/mol. The van der Waals surface area contributed by atoms with Gasteiger partial charge < -0.3 is 10.1 Å². The van der Waals surface area contributed by atoms with Crippen molar-refractivity contribution in [2.24, 2.45) is 0 Å². The van der Waals surface area contributed by atoms with Gasteiger partial charge in [0.05, 0.1) is 4.90 Å². The fraction of sp³-hybridized carbons (Fsp3) is 0.0952. The summed E-state index contributed by atoms with van der Waals surface area (Å²) >= 11 is 0. The quantitative estimate of drug-likeness (QED) is 0.557. The third-order valence-electron chi connectivity index (χ3n) is 4.05. The molecule has 3 rings (SSSR count). The van der Waals surface area contributed by atoms with E-state index >= 15 is 0 Å². The van der Waals surface area contributed by atoms with Crippen LogP contribution in [0.2, 0.25) is 0 Å². The Bertz CT molecular complexity index is 1180. The zero-order valence-electron chi connectivity index (χ0n) is 16.1. The average Bonchev–Trinajstić information content (AvgIpc) is 2.68. The van der Waals surface area contributed by atoms with Crippen molar-refractivity contribution in [3.8, 4) is 5.75 Å². The van der Waals surface area contributed by atoms with E-state index in [0.717, 1.165) is 17.7 Å². The van der Waals surface area contributed by atoms with Crippen LogP contribution in [0.1, 0.15) is 15.9 Å². The van der Waals surface area contributed by atoms with Crippen molar-refractivity contribution >= 4 is 27.3 Å². The predicted octanol–water partition coefficient (Wildman–Crippen LogP) is 4.95. The van der Waals surface area contributed by atoms with Crippen LogP contribution in [0.3, 0.4) is 0 Å². The molecule has 0 aliphatic rings. The number of nitrogens with one attached hydrogen (secondary N) is 2. The highest BCUT2D eigenvalue weighted by Crippen LogP contribution is 2.24. The van der Waals surface area contributed by atoms with Gasteiger partial charge in [0, 0.05) is 16.9 Å². The first-order chi connectivity index (χ1) is 14.5. The van der Waals surface area contributed by atoms with Gasteiger partial charge in [0.2, 0.25) is 0 Å². The fourth-order valence-electron chi connectivity index (χ4n) is 2.60. The Hall–Kier alpha value is -3.53. The molecule has 3 aromatic rings. The first-order valence-electron chi connectivity index (χ1n) is 8.89. The molecule has 0 atom stereocenters. The Morgan fingerprint density at radius 3 is 2.16 bits per heavy atom. The summed E-state index contributed by atoms with van der Waals surface area (Å²) in [5, 5.41) is 2.52. The van der Waals surface area contributed by atoms with Gasteiger partial charge in [-0.05, 0) is 61.5 Å². The van der Waals surface area contributed by atoms with Crippen molar-refractivity contribution in [1.82, 2.24) is 0 Å². The molecule has 6 nitrogen and oxygen atoms in total. The molecular formula is C21H17F3N2O4S. The minimum atomic E-state index is -4.81. The second-order valence-corrected chi connectivity index (χ2v) is 8.21. The molecule has 0 aromatic heterocycles. The molecular weight excluding hydrogens is 433 g/mol. The van der Waals surface area contributed by atoms with E-state index in [1.807, 2.05) is 6.92 Å². The van der Waals surface area contributed by atoms with Gasteiger partial charge in [-0.1, -0.05) is 23.8 Å². The number of hydrogen-bond acceptors (Lipinski definition) is 4. The molecule has 0 fully saturated rings. The predicted molar refractivity (Wildman–Crippen MR) is 110 cm³/mol. The van der Waals surface area contributed by atoms with E-state index in [1.165, 1.54) is 48.5 Å². The molecule has 0 saturated heterocycles. The Morgan fingerprint density at radius 1 is 0.903 bits per heavy atom. The van der Waals surface area contributed by atoms with Crippen molar-refractivity contribution in [3.05, 3.63) is 83.9 Å². The van der Waals surface area contributed by atoms with Crippen molar-refractivity contribution in [2.45, 2.75) is 18.2 Å². The zero-order chi connectivity index (χ0) is 22.6. The van der Waals surface area contributed by atoms with Gasteiger partial charge >= 0.3 is 6.36 Å². The third-order valence-corrected chi connectivity index (χ3v) is 5.45. The van der Waals surface area contributed by atoms with Gasteiger partial charge in [-0.25, -0.2) is 8.42 Å². The summed E-state index contributed by atoms with van der Waals surface area (Å²) in [4.78, 5) is 12.5. The molecule has 0 heterocycles. The van der Waals surface area contributed by atoms with Gasteiger partial charge in [-0.3, -0.25) is 9.52 Å². The van der Waals surface area contributed by atoms with Gasteiger partial charge in [0.25, 0.3) is 15.9 Å². The van der Waals surface area contributed by atoms with Crippen LogP contribution < -0.4 is 14.8 Å². The van der Waals surface area contributed by atoms with E-state index in [-0.39, 0.29) is 21.8 Å². The summed E-state index contributed by atoms with van der Waals surface area (Å²) in [5.74, 6) is -0.987. The van der Waals surface area contributed by atoms with E-state index in [4.69, 9.17) is 0 Å². The maximum Gasteiger partial charge on any atom is 0.573 e. The number of carbonyl (C=O) groups excluding carboxylic acids is 1. The number of hydrogen-bond donors (Lipinski definition) is 2. The van der Waals surface area contributed by atoms with E-state index < -0.39 is 28.0 Å². The third kappa shape index (κ3) is 6.22. The smallest absolute Gasteiger partial charge is 0.406 e. The minimum absolute atomic E-state index is 0.0779. The highest BCUT2D eigenvalue weighted by atomic mass is 32.2. The van der Waals surface area contributed by atoms with Crippen molar-refractivity contribution in [1.29, 1.82) is 0 Å². The number of halogens is 3. The van der Waals surface area contributed by atoms with Gasteiger partial charge in [0.1, 0.15) is 5.75 Å². The molecule has 0 saturated carbocycles. The molecule has 0 aliphatic heterocycles.